The summed E-state index contributed by atoms with van der Waals surface area (Å²) in [4.78, 5) is 72.3. The van der Waals surface area contributed by atoms with Crippen LogP contribution in [-0.2, 0) is 65.4 Å². The number of phosphoric ester groups is 2. The van der Waals surface area contributed by atoms with E-state index in [1.807, 2.05) is 0 Å². The van der Waals surface area contributed by atoms with Gasteiger partial charge < -0.3 is 33.8 Å². The van der Waals surface area contributed by atoms with Crippen molar-refractivity contribution in [2.45, 2.75) is 362 Å². The molecule has 0 aliphatic carbocycles. The molecular weight excluding hydrogens is 1150 g/mol. The highest BCUT2D eigenvalue weighted by Gasteiger charge is 2.30. The van der Waals surface area contributed by atoms with Crippen LogP contribution in [0.15, 0.2) is 0 Å². The van der Waals surface area contributed by atoms with Crippen LogP contribution in [0.25, 0.3) is 0 Å². The van der Waals surface area contributed by atoms with Crippen molar-refractivity contribution in [1.29, 1.82) is 0 Å². The van der Waals surface area contributed by atoms with Crippen LogP contribution >= 0.6 is 15.6 Å². The number of carbonyl (C=O) groups is 4. The van der Waals surface area contributed by atoms with E-state index in [0.29, 0.717) is 25.7 Å². The molecule has 0 fully saturated rings. The smallest absolute Gasteiger partial charge is 0.462 e. The van der Waals surface area contributed by atoms with E-state index in [9.17, 15) is 43.2 Å². The van der Waals surface area contributed by atoms with Crippen molar-refractivity contribution in [2.75, 3.05) is 39.6 Å². The van der Waals surface area contributed by atoms with Crippen molar-refractivity contribution < 1.29 is 80.2 Å². The summed E-state index contributed by atoms with van der Waals surface area (Å²) in [6.07, 6.45) is 44.7. The molecule has 0 spiro atoms. The Morgan fingerprint density at radius 2 is 0.529 bits per heavy atom. The molecule has 0 aliphatic rings. The normalized spacial score (nSPS) is 14.2. The third-order valence-electron chi connectivity index (χ3n) is 15.7. The Morgan fingerprint density at radius 1 is 0.310 bits per heavy atom. The van der Waals surface area contributed by atoms with Crippen molar-refractivity contribution in [3.63, 3.8) is 0 Å². The molecule has 0 bridgehead atoms. The van der Waals surface area contributed by atoms with Crippen molar-refractivity contribution in [3.05, 3.63) is 0 Å². The minimum Gasteiger partial charge on any atom is -0.462 e. The molecule has 0 amide bonds. The second-order valence-electron chi connectivity index (χ2n) is 25.5. The average Bonchev–Trinajstić information content (AvgIpc) is 3.69. The predicted molar refractivity (Wildman–Crippen MR) is 349 cm³/mol. The van der Waals surface area contributed by atoms with Gasteiger partial charge >= 0.3 is 39.5 Å². The summed E-state index contributed by atoms with van der Waals surface area (Å²) >= 11 is 0. The van der Waals surface area contributed by atoms with Gasteiger partial charge in [0, 0.05) is 25.7 Å². The van der Waals surface area contributed by atoms with Gasteiger partial charge in [0.05, 0.1) is 26.4 Å². The molecule has 87 heavy (non-hydrogen) atoms. The summed E-state index contributed by atoms with van der Waals surface area (Å²) in [7, 11) is -9.89. The zero-order valence-corrected chi connectivity index (χ0v) is 58.1. The molecule has 0 aliphatic heterocycles. The zero-order chi connectivity index (χ0) is 64.3. The first-order chi connectivity index (χ1) is 41.9. The number of phosphoric acid groups is 2. The van der Waals surface area contributed by atoms with Crippen LogP contribution in [0.2, 0.25) is 0 Å². The average molecular weight is 1280 g/mol. The minimum atomic E-state index is -4.95. The van der Waals surface area contributed by atoms with Crippen LogP contribution in [-0.4, -0.2) is 96.7 Å². The molecule has 0 aromatic carbocycles. The Kier molecular flexibility index (Phi) is 59.0. The first-order valence-electron chi connectivity index (χ1n) is 35.5. The van der Waals surface area contributed by atoms with E-state index >= 15 is 0 Å². The van der Waals surface area contributed by atoms with Gasteiger partial charge in [-0.25, -0.2) is 9.13 Å². The zero-order valence-electron chi connectivity index (χ0n) is 56.3. The number of carbonyl (C=O) groups excluding carboxylic acids is 4. The van der Waals surface area contributed by atoms with Gasteiger partial charge in [0.1, 0.15) is 19.3 Å². The predicted octanol–water partition coefficient (Wildman–Crippen LogP) is 19.2. The summed E-state index contributed by atoms with van der Waals surface area (Å²) in [5.41, 5.74) is 0. The van der Waals surface area contributed by atoms with E-state index in [-0.39, 0.29) is 25.7 Å². The highest BCUT2D eigenvalue weighted by molar-refractivity contribution is 7.47. The van der Waals surface area contributed by atoms with Crippen LogP contribution in [0, 0.1) is 11.8 Å². The van der Waals surface area contributed by atoms with Gasteiger partial charge in [-0.15, -0.1) is 0 Å². The quantitative estimate of drug-likeness (QED) is 0.0222. The lowest BCUT2D eigenvalue weighted by Gasteiger charge is -2.21. The second-order valence-corrected chi connectivity index (χ2v) is 28.4. The van der Waals surface area contributed by atoms with Crippen molar-refractivity contribution in [3.8, 4) is 0 Å². The SMILES string of the molecule is CCCCCCCCCCCCCCCCCCCCC(=O)O[C@H](COC(=O)CCCCCCCCCCC(C)C)COP(=O)(O)OC[C@@H](O)COP(=O)(O)OC[C@@H](COC(=O)CCCCCCCCC)OC(=O)CCCCCCCCCCC(C)C. The van der Waals surface area contributed by atoms with Gasteiger partial charge in [-0.2, -0.15) is 0 Å². The highest BCUT2D eigenvalue weighted by atomic mass is 31.2. The summed E-state index contributed by atoms with van der Waals surface area (Å²) in [6, 6.07) is 0. The largest absolute Gasteiger partial charge is 0.472 e. The molecule has 3 N–H and O–H groups in total. The van der Waals surface area contributed by atoms with Crippen molar-refractivity contribution in [1.82, 2.24) is 0 Å². The van der Waals surface area contributed by atoms with Gasteiger partial charge in [-0.1, -0.05) is 292 Å². The van der Waals surface area contributed by atoms with E-state index in [0.717, 1.165) is 115 Å². The number of hydrogen-bond donors (Lipinski definition) is 3. The molecule has 516 valence electrons. The Hall–Kier alpha value is -1.94. The molecule has 0 rings (SSSR count). The van der Waals surface area contributed by atoms with E-state index < -0.39 is 97.5 Å². The lowest BCUT2D eigenvalue weighted by molar-refractivity contribution is -0.161. The Balaban J connectivity index is 5.18. The molecule has 0 aromatic heterocycles. The van der Waals surface area contributed by atoms with Crippen molar-refractivity contribution >= 4 is 39.5 Å². The highest BCUT2D eigenvalue weighted by Crippen LogP contribution is 2.45. The Morgan fingerprint density at radius 3 is 0.782 bits per heavy atom. The summed E-state index contributed by atoms with van der Waals surface area (Å²) in [5.74, 6) is -0.689. The molecular formula is C68H132O17P2. The Labute approximate surface area is 530 Å². The van der Waals surface area contributed by atoms with Crippen LogP contribution < -0.4 is 0 Å². The number of rotatable bonds is 67. The van der Waals surface area contributed by atoms with E-state index in [4.69, 9.17) is 37.0 Å². The van der Waals surface area contributed by atoms with Gasteiger partial charge in [0.15, 0.2) is 12.2 Å². The van der Waals surface area contributed by atoms with Crippen LogP contribution in [0.3, 0.4) is 0 Å². The number of ether oxygens (including phenoxy) is 4. The fourth-order valence-electron chi connectivity index (χ4n) is 10.2. The molecule has 0 saturated heterocycles. The molecule has 0 radical (unpaired) electrons. The molecule has 0 saturated carbocycles. The minimum absolute atomic E-state index is 0.104. The van der Waals surface area contributed by atoms with Crippen LogP contribution in [0.1, 0.15) is 343 Å². The van der Waals surface area contributed by atoms with E-state index in [1.165, 1.54) is 148 Å². The molecule has 19 heteroatoms. The maximum Gasteiger partial charge on any atom is 0.472 e. The molecule has 2 unspecified atom stereocenters. The molecule has 0 aromatic rings. The number of hydrogen-bond acceptors (Lipinski definition) is 15. The van der Waals surface area contributed by atoms with Crippen LogP contribution in [0.4, 0.5) is 0 Å². The van der Waals surface area contributed by atoms with Gasteiger partial charge in [-0.3, -0.25) is 37.3 Å². The maximum absolute atomic E-state index is 13.0. The fraction of sp³-hybridized carbons (Fsp3) is 0.941. The topological polar surface area (TPSA) is 237 Å². The number of aliphatic hydroxyl groups excluding tert-OH is 1. The first kappa shape index (κ1) is 85.1. The van der Waals surface area contributed by atoms with Gasteiger partial charge in [0.25, 0.3) is 0 Å². The number of aliphatic hydroxyl groups is 1. The molecule has 0 heterocycles. The van der Waals surface area contributed by atoms with Gasteiger partial charge in [-0.05, 0) is 37.5 Å². The monoisotopic (exact) mass is 1280 g/mol. The third-order valence-corrected chi connectivity index (χ3v) is 17.6. The lowest BCUT2D eigenvalue weighted by atomic mass is 10.0. The first-order valence-corrected chi connectivity index (χ1v) is 38.5. The molecule has 5 atom stereocenters. The number of unbranched alkanes of at least 4 members (excludes halogenated alkanes) is 37. The number of esters is 4. The van der Waals surface area contributed by atoms with E-state index in [2.05, 4.69) is 41.5 Å². The van der Waals surface area contributed by atoms with Gasteiger partial charge in [0.2, 0.25) is 0 Å². The lowest BCUT2D eigenvalue weighted by Crippen LogP contribution is -2.30. The summed E-state index contributed by atoms with van der Waals surface area (Å²) < 4.78 is 68.1. The molecule has 17 nitrogen and oxygen atoms in total. The maximum atomic E-state index is 13.0. The Bertz CT molecular complexity index is 1700. The second kappa shape index (κ2) is 60.3. The van der Waals surface area contributed by atoms with E-state index in [1.54, 1.807) is 0 Å². The van der Waals surface area contributed by atoms with Crippen molar-refractivity contribution in [2.24, 2.45) is 11.8 Å². The third kappa shape index (κ3) is 62.6. The standard InChI is InChI=1S/C68H132O17P2/c1-7-9-11-13-15-16-17-18-19-20-21-22-23-24-25-34-40-46-52-67(72)84-64(57-79-66(71)51-45-39-33-28-26-31-36-42-48-60(3)4)59-83-87(76,77)81-55-62(69)54-80-86(74,75)82-58-63(56-78-65(70)50-44-38-30-14-12-10-8-2)85-68(73)53-47-41-35-29-27-32-37-43-49-61(5)6/h60-64,69H,7-59H2,1-6H3,(H,74,75)(H,76,77)/t62-,63+,64+/m0/s1. The summed E-state index contributed by atoms with van der Waals surface area (Å²) in [6.45, 7) is 9.41. The summed E-state index contributed by atoms with van der Waals surface area (Å²) in [5, 5.41) is 10.6. The fourth-order valence-corrected chi connectivity index (χ4v) is 11.8. The van der Waals surface area contributed by atoms with Crippen LogP contribution in [0.5, 0.6) is 0 Å².